The predicted molar refractivity (Wildman–Crippen MR) is 60.4 cm³/mol. The first-order valence-corrected chi connectivity index (χ1v) is 5.77. The van der Waals surface area contributed by atoms with Gasteiger partial charge in [0.25, 0.3) is 0 Å². The van der Waals surface area contributed by atoms with E-state index in [4.69, 9.17) is 0 Å². The lowest BCUT2D eigenvalue weighted by Gasteiger charge is -2.02. The fraction of sp³-hybridized carbons (Fsp3) is 0.273. The molecule has 4 heteroatoms. The molecule has 0 fully saturated rings. The van der Waals surface area contributed by atoms with Crippen LogP contribution in [0.2, 0.25) is 0 Å². The van der Waals surface area contributed by atoms with Crippen molar-refractivity contribution in [2.24, 2.45) is 0 Å². The van der Waals surface area contributed by atoms with Crippen molar-refractivity contribution < 1.29 is 4.79 Å². The predicted octanol–water partition coefficient (Wildman–Crippen LogP) is 2.50. The van der Waals surface area contributed by atoms with Crippen LogP contribution in [0.25, 0.3) is 0 Å². The molecular weight excluding hydrogens is 208 g/mol. The number of thiophene rings is 1. The molecule has 0 amide bonds. The lowest BCUT2D eigenvalue weighted by molar-refractivity contribution is 0.102. The summed E-state index contributed by atoms with van der Waals surface area (Å²) in [6.45, 7) is 4.71. The molecule has 0 aliphatic rings. The van der Waals surface area contributed by atoms with Gasteiger partial charge in [0.2, 0.25) is 5.78 Å². The minimum absolute atomic E-state index is 0.0144. The molecule has 2 rings (SSSR count). The maximum Gasteiger partial charge on any atom is 0.229 e. The zero-order chi connectivity index (χ0) is 10.8. The molecule has 0 aromatic carbocycles. The van der Waals surface area contributed by atoms with Gasteiger partial charge in [-0.1, -0.05) is 0 Å². The van der Waals surface area contributed by atoms with E-state index >= 15 is 0 Å². The number of ketones is 1. The highest BCUT2D eigenvalue weighted by molar-refractivity contribution is 7.08. The molecule has 0 N–H and O–H groups in total. The lowest BCUT2D eigenvalue weighted by Crippen LogP contribution is -2.10. The summed E-state index contributed by atoms with van der Waals surface area (Å²) < 4.78 is 1.86. The molecule has 0 spiro atoms. The molecule has 15 heavy (non-hydrogen) atoms. The van der Waals surface area contributed by atoms with Crippen LogP contribution in [-0.4, -0.2) is 15.3 Å². The summed E-state index contributed by atoms with van der Waals surface area (Å²) in [7, 11) is 0. The first-order valence-electron chi connectivity index (χ1n) is 4.82. The molecule has 0 saturated heterocycles. The van der Waals surface area contributed by atoms with Gasteiger partial charge in [-0.3, -0.25) is 4.79 Å². The molecule has 3 nitrogen and oxygen atoms in total. The molecule has 2 heterocycles. The first-order chi connectivity index (χ1) is 7.24. The molecular formula is C11H12N2OS. The summed E-state index contributed by atoms with van der Waals surface area (Å²) in [5, 5.41) is 3.86. The number of rotatable bonds is 3. The Labute approximate surface area is 92.4 Å². The Balaban J connectivity index is 2.41. The van der Waals surface area contributed by atoms with Gasteiger partial charge in [0.05, 0.1) is 0 Å². The molecule has 0 radical (unpaired) electrons. The lowest BCUT2D eigenvalue weighted by atomic mass is 10.1. The fourth-order valence-electron chi connectivity index (χ4n) is 1.49. The van der Waals surface area contributed by atoms with Crippen LogP contribution >= 0.6 is 11.3 Å². The molecule has 0 atom stereocenters. The third-order valence-electron chi connectivity index (χ3n) is 2.36. The number of carbonyl (C=O) groups excluding carboxylic acids is 1. The van der Waals surface area contributed by atoms with E-state index in [1.807, 2.05) is 35.4 Å². The molecule has 2 aromatic rings. The zero-order valence-electron chi connectivity index (χ0n) is 8.73. The Morgan fingerprint density at radius 1 is 1.53 bits per heavy atom. The number of hydrogen-bond donors (Lipinski definition) is 0. The topological polar surface area (TPSA) is 34.9 Å². The molecule has 0 bridgehead atoms. The van der Waals surface area contributed by atoms with Crippen molar-refractivity contribution in [2.75, 3.05) is 0 Å². The minimum Gasteiger partial charge on any atom is -0.328 e. The van der Waals surface area contributed by atoms with Crippen molar-refractivity contribution in [3.05, 3.63) is 40.1 Å². The Hall–Kier alpha value is -1.42. The molecule has 0 aliphatic heterocycles. The average molecular weight is 220 g/mol. The van der Waals surface area contributed by atoms with Crippen LogP contribution < -0.4 is 0 Å². The maximum atomic E-state index is 12.1. The van der Waals surface area contributed by atoms with Gasteiger partial charge in [0.1, 0.15) is 0 Å². The van der Waals surface area contributed by atoms with E-state index in [0.717, 1.165) is 17.7 Å². The summed E-state index contributed by atoms with van der Waals surface area (Å²) in [4.78, 5) is 16.2. The summed E-state index contributed by atoms with van der Waals surface area (Å²) >= 11 is 1.55. The maximum absolute atomic E-state index is 12.1. The second kappa shape index (κ2) is 3.98. The highest BCUT2D eigenvalue weighted by Gasteiger charge is 2.16. The summed E-state index contributed by atoms with van der Waals surface area (Å²) in [5.41, 5.74) is 1.79. The van der Waals surface area contributed by atoms with Crippen molar-refractivity contribution in [2.45, 2.75) is 20.4 Å². The van der Waals surface area contributed by atoms with E-state index in [2.05, 4.69) is 4.98 Å². The number of aryl methyl sites for hydroxylation is 2. The van der Waals surface area contributed by atoms with Crippen molar-refractivity contribution in [1.29, 1.82) is 0 Å². The van der Waals surface area contributed by atoms with Crippen LogP contribution in [0.15, 0.2) is 23.2 Å². The number of nitrogens with zero attached hydrogens (tertiary/aromatic N) is 2. The Bertz CT molecular complexity index is 484. The summed E-state index contributed by atoms with van der Waals surface area (Å²) in [5.74, 6) is 0.541. The Kier molecular flexibility index (Phi) is 2.68. The van der Waals surface area contributed by atoms with Gasteiger partial charge in [-0.25, -0.2) is 4.98 Å². The van der Waals surface area contributed by atoms with Gasteiger partial charge in [0.15, 0.2) is 5.82 Å². The summed E-state index contributed by atoms with van der Waals surface area (Å²) in [6.07, 6.45) is 3.49. The first kappa shape index (κ1) is 10.1. The van der Waals surface area contributed by atoms with Gasteiger partial charge >= 0.3 is 0 Å². The molecule has 0 saturated carbocycles. The molecule has 2 aromatic heterocycles. The van der Waals surface area contributed by atoms with Gasteiger partial charge < -0.3 is 4.57 Å². The van der Waals surface area contributed by atoms with Crippen LogP contribution in [0.4, 0.5) is 0 Å². The highest BCUT2D eigenvalue weighted by Crippen LogP contribution is 2.17. The SMILES string of the molecule is CCn1ccnc1C(=O)c1cscc1C. The second-order valence-electron chi connectivity index (χ2n) is 3.33. The van der Waals surface area contributed by atoms with E-state index in [0.29, 0.717) is 5.82 Å². The van der Waals surface area contributed by atoms with Crippen LogP contribution in [0.1, 0.15) is 28.7 Å². The Morgan fingerprint density at radius 2 is 2.33 bits per heavy atom. The van der Waals surface area contributed by atoms with E-state index in [-0.39, 0.29) is 5.78 Å². The van der Waals surface area contributed by atoms with Gasteiger partial charge in [-0.15, -0.1) is 0 Å². The van der Waals surface area contributed by atoms with Crippen molar-refractivity contribution in [3.63, 3.8) is 0 Å². The second-order valence-corrected chi connectivity index (χ2v) is 4.08. The minimum atomic E-state index is 0.0144. The smallest absolute Gasteiger partial charge is 0.229 e. The number of imidazole rings is 1. The number of carbonyl (C=O) groups is 1. The van der Waals surface area contributed by atoms with Crippen LogP contribution in [0.5, 0.6) is 0 Å². The third kappa shape index (κ3) is 1.72. The largest absolute Gasteiger partial charge is 0.328 e. The van der Waals surface area contributed by atoms with Crippen molar-refractivity contribution in [1.82, 2.24) is 9.55 Å². The molecule has 0 aliphatic carbocycles. The van der Waals surface area contributed by atoms with Crippen molar-refractivity contribution in [3.8, 4) is 0 Å². The highest BCUT2D eigenvalue weighted by atomic mass is 32.1. The quantitative estimate of drug-likeness (QED) is 0.745. The summed E-state index contributed by atoms with van der Waals surface area (Å²) in [6, 6.07) is 0. The normalized spacial score (nSPS) is 10.5. The standard InChI is InChI=1S/C11H12N2OS/c1-3-13-5-4-12-11(13)10(14)9-7-15-6-8(9)2/h4-7H,3H2,1-2H3. The Morgan fingerprint density at radius 3 is 2.93 bits per heavy atom. The van der Waals surface area contributed by atoms with E-state index < -0.39 is 0 Å². The van der Waals surface area contributed by atoms with E-state index in [1.54, 1.807) is 17.5 Å². The van der Waals surface area contributed by atoms with Gasteiger partial charge in [0, 0.05) is 29.9 Å². The van der Waals surface area contributed by atoms with Crippen LogP contribution in [0, 0.1) is 6.92 Å². The van der Waals surface area contributed by atoms with Gasteiger partial charge in [-0.2, -0.15) is 11.3 Å². The van der Waals surface area contributed by atoms with Crippen LogP contribution in [-0.2, 0) is 6.54 Å². The fourth-order valence-corrected chi connectivity index (χ4v) is 2.32. The monoisotopic (exact) mass is 220 g/mol. The molecule has 0 unspecified atom stereocenters. The third-order valence-corrected chi connectivity index (χ3v) is 3.22. The van der Waals surface area contributed by atoms with E-state index in [1.165, 1.54) is 0 Å². The number of aromatic nitrogens is 2. The van der Waals surface area contributed by atoms with E-state index in [9.17, 15) is 4.79 Å². The average Bonchev–Trinajstić information content (AvgIpc) is 2.84. The van der Waals surface area contributed by atoms with Crippen LogP contribution in [0.3, 0.4) is 0 Å². The number of hydrogen-bond acceptors (Lipinski definition) is 3. The van der Waals surface area contributed by atoms with Gasteiger partial charge in [-0.05, 0) is 24.8 Å². The molecule has 78 valence electrons. The zero-order valence-corrected chi connectivity index (χ0v) is 9.54. The van der Waals surface area contributed by atoms with Crippen molar-refractivity contribution >= 4 is 17.1 Å².